The van der Waals surface area contributed by atoms with Crippen molar-refractivity contribution in [2.24, 2.45) is 17.3 Å². The molecule has 230 valence electrons. The summed E-state index contributed by atoms with van der Waals surface area (Å²) in [6.07, 6.45) is -2.68. The molecule has 43 heavy (non-hydrogen) atoms. The fourth-order valence-electron chi connectivity index (χ4n) is 8.52. The third-order valence-electron chi connectivity index (χ3n) is 10.7. The number of fused-ring (bicyclic) bond motifs is 4. The summed E-state index contributed by atoms with van der Waals surface area (Å²) in [6, 6.07) is 15.2. The van der Waals surface area contributed by atoms with Gasteiger partial charge in [0, 0.05) is 36.1 Å². The number of allylic oxidation sites excluding steroid dienone is 4. The van der Waals surface area contributed by atoms with Gasteiger partial charge < -0.3 is 15.2 Å². The Balaban J connectivity index is 1.38. The minimum atomic E-state index is -5.86. The van der Waals surface area contributed by atoms with Gasteiger partial charge in [-0.05, 0) is 90.8 Å². The van der Waals surface area contributed by atoms with Gasteiger partial charge in [-0.2, -0.15) is 22.0 Å². The Morgan fingerprint density at radius 2 is 1.77 bits per heavy atom. The van der Waals surface area contributed by atoms with Crippen LogP contribution in [-0.4, -0.2) is 35.7 Å². The van der Waals surface area contributed by atoms with Crippen LogP contribution in [0.1, 0.15) is 68.9 Å². The van der Waals surface area contributed by atoms with Crippen LogP contribution in [0.15, 0.2) is 71.3 Å². The zero-order valence-corrected chi connectivity index (χ0v) is 24.2. The molecule has 4 aliphatic carbocycles. The van der Waals surface area contributed by atoms with Gasteiger partial charge >= 0.3 is 12.1 Å². The zero-order valence-electron chi connectivity index (χ0n) is 24.2. The van der Waals surface area contributed by atoms with Crippen molar-refractivity contribution in [2.45, 2.75) is 82.0 Å². The van der Waals surface area contributed by atoms with E-state index in [-0.39, 0.29) is 24.5 Å². The van der Waals surface area contributed by atoms with Crippen LogP contribution in [-0.2, 0) is 11.3 Å². The number of rotatable bonds is 6. The zero-order chi connectivity index (χ0) is 30.8. The van der Waals surface area contributed by atoms with Crippen LogP contribution in [0.2, 0.25) is 0 Å². The molecule has 0 aliphatic heterocycles. The number of methoxy groups -OCH3 is 1. The van der Waals surface area contributed by atoms with Crippen molar-refractivity contribution >= 4 is 11.5 Å². The van der Waals surface area contributed by atoms with Crippen LogP contribution in [0.4, 0.5) is 27.6 Å². The van der Waals surface area contributed by atoms with Crippen molar-refractivity contribution in [2.75, 3.05) is 12.4 Å². The van der Waals surface area contributed by atoms with Crippen molar-refractivity contribution in [3.8, 4) is 5.75 Å². The van der Waals surface area contributed by atoms with Crippen LogP contribution in [0.25, 0.3) is 0 Å². The van der Waals surface area contributed by atoms with Crippen molar-refractivity contribution in [3.63, 3.8) is 0 Å². The first-order valence-electron chi connectivity index (χ1n) is 14.9. The Morgan fingerprint density at radius 1 is 1.02 bits per heavy atom. The highest BCUT2D eigenvalue weighted by molar-refractivity contribution is 5.93. The maximum Gasteiger partial charge on any atom is 0.456 e. The summed E-state index contributed by atoms with van der Waals surface area (Å²) >= 11 is 0. The summed E-state index contributed by atoms with van der Waals surface area (Å²) in [4.78, 5) is 12.3. The highest BCUT2D eigenvalue weighted by Gasteiger charge is 2.79. The second-order valence-corrected chi connectivity index (χ2v) is 12.8. The fraction of sp³-hybridized carbons (Fsp3) is 0.500. The van der Waals surface area contributed by atoms with E-state index in [0.717, 1.165) is 39.3 Å². The summed E-state index contributed by atoms with van der Waals surface area (Å²) in [5.41, 5.74) is 0.876. The second-order valence-electron chi connectivity index (χ2n) is 12.8. The highest BCUT2D eigenvalue weighted by atomic mass is 19.4. The quantitative estimate of drug-likeness (QED) is 0.328. The van der Waals surface area contributed by atoms with Crippen molar-refractivity contribution in [1.82, 2.24) is 0 Å². The standard InChI is InChI=1S/C34H36F5NO3/c1-31-18-28(21-8-6-20(7-9-21)19-40-23-4-3-5-25(17-23)43-2)30-26-13-11-24(41)16-22(26)10-12-27(30)29(31)14-15-32(31,42)33(35,36)34(37,38)39/h3-9,16-17,27-29,40,42H,10-15,18-19H2,1-2H3/t27-,28+,29-,31-,32-/m0/s1. The third kappa shape index (κ3) is 4.69. The summed E-state index contributed by atoms with van der Waals surface area (Å²) < 4.78 is 77.0. The molecule has 0 saturated heterocycles. The number of hydrogen-bond acceptors (Lipinski definition) is 4. The van der Waals surface area contributed by atoms with Crippen LogP contribution < -0.4 is 10.1 Å². The number of carbonyl (C=O) groups excluding carboxylic acids is 1. The average Bonchev–Trinajstić information content (AvgIpc) is 3.26. The molecule has 0 radical (unpaired) electrons. The molecule has 5 atom stereocenters. The number of hydrogen-bond donors (Lipinski definition) is 2. The molecule has 4 aliphatic rings. The minimum Gasteiger partial charge on any atom is -0.497 e. The van der Waals surface area contributed by atoms with Crippen LogP contribution in [0.5, 0.6) is 5.75 Å². The van der Waals surface area contributed by atoms with Gasteiger partial charge in [-0.15, -0.1) is 0 Å². The molecule has 2 N–H and O–H groups in total. The lowest BCUT2D eigenvalue weighted by atomic mass is 9.50. The Bertz CT molecular complexity index is 1480. The van der Waals surface area contributed by atoms with Gasteiger partial charge in [-0.1, -0.05) is 42.8 Å². The second kappa shape index (κ2) is 10.5. The van der Waals surface area contributed by atoms with E-state index >= 15 is 8.78 Å². The van der Waals surface area contributed by atoms with Gasteiger partial charge in [0.2, 0.25) is 0 Å². The molecule has 0 spiro atoms. The molecule has 0 unspecified atom stereocenters. The molecular formula is C34H36F5NO3. The summed E-state index contributed by atoms with van der Waals surface area (Å²) in [7, 11) is 1.60. The molecule has 0 bridgehead atoms. The Morgan fingerprint density at radius 3 is 2.47 bits per heavy atom. The number of ketones is 1. The smallest absolute Gasteiger partial charge is 0.456 e. The van der Waals surface area contributed by atoms with Crippen LogP contribution in [0, 0.1) is 17.3 Å². The summed E-state index contributed by atoms with van der Waals surface area (Å²) in [6.45, 7) is 1.96. The maximum atomic E-state index is 15.2. The molecule has 0 amide bonds. The predicted octanol–water partition coefficient (Wildman–Crippen LogP) is 8.14. The number of anilines is 1. The van der Waals surface area contributed by atoms with E-state index in [0.29, 0.717) is 32.2 Å². The summed E-state index contributed by atoms with van der Waals surface area (Å²) in [5, 5.41) is 14.8. The van der Waals surface area contributed by atoms with E-state index < -0.39 is 41.4 Å². The number of halogens is 5. The molecule has 2 aromatic rings. The van der Waals surface area contributed by atoms with Gasteiger partial charge in [0.05, 0.1) is 7.11 Å². The van der Waals surface area contributed by atoms with E-state index in [1.165, 1.54) is 6.92 Å². The van der Waals surface area contributed by atoms with Gasteiger partial charge in [0.1, 0.15) is 11.4 Å². The highest BCUT2D eigenvalue weighted by Crippen LogP contribution is 2.70. The molecule has 2 aromatic carbocycles. The molecular weight excluding hydrogens is 565 g/mol. The Kier molecular flexibility index (Phi) is 7.26. The number of aliphatic hydroxyl groups is 1. The molecule has 2 fully saturated rings. The van der Waals surface area contributed by atoms with Gasteiger partial charge in [0.15, 0.2) is 5.78 Å². The van der Waals surface area contributed by atoms with Gasteiger partial charge in [0.25, 0.3) is 0 Å². The number of benzene rings is 2. The first-order chi connectivity index (χ1) is 20.3. The normalized spacial score (nSPS) is 30.7. The number of ether oxygens (including phenoxy) is 1. The van der Waals surface area contributed by atoms with Crippen molar-refractivity contribution in [1.29, 1.82) is 0 Å². The predicted molar refractivity (Wildman–Crippen MR) is 153 cm³/mol. The van der Waals surface area contributed by atoms with Gasteiger partial charge in [-0.25, -0.2) is 0 Å². The molecule has 0 aromatic heterocycles. The lowest BCUT2D eigenvalue weighted by molar-refractivity contribution is -0.362. The maximum absolute atomic E-state index is 15.2. The molecule has 4 nitrogen and oxygen atoms in total. The van der Waals surface area contributed by atoms with Crippen molar-refractivity contribution in [3.05, 3.63) is 82.5 Å². The molecule has 9 heteroatoms. The fourth-order valence-corrected chi connectivity index (χ4v) is 8.52. The largest absolute Gasteiger partial charge is 0.497 e. The van der Waals surface area contributed by atoms with E-state index in [4.69, 9.17) is 4.74 Å². The van der Waals surface area contributed by atoms with Crippen molar-refractivity contribution < 1.29 is 36.6 Å². The molecule has 0 heterocycles. The monoisotopic (exact) mass is 601 g/mol. The number of alkyl halides is 5. The SMILES string of the molecule is COc1cccc(NCc2ccc([C@H]3C[C@@]4(C)[C@@H](CC[C@@]4(O)C(F)(F)C(F)(F)F)[C@@H]4CCC5=CC(=O)CCC5=C43)cc2)c1. The van der Waals surface area contributed by atoms with E-state index in [1.807, 2.05) is 48.5 Å². The average molecular weight is 602 g/mol. The number of carbonyl (C=O) groups is 1. The third-order valence-corrected chi connectivity index (χ3v) is 10.7. The molecule has 2 saturated carbocycles. The van der Waals surface area contributed by atoms with E-state index in [2.05, 4.69) is 5.32 Å². The molecule has 6 rings (SSSR count). The van der Waals surface area contributed by atoms with E-state index in [9.17, 15) is 23.1 Å². The van der Waals surface area contributed by atoms with Crippen LogP contribution >= 0.6 is 0 Å². The lowest BCUT2D eigenvalue weighted by Gasteiger charge is -2.56. The van der Waals surface area contributed by atoms with E-state index in [1.54, 1.807) is 13.2 Å². The first kappa shape index (κ1) is 29.9. The van der Waals surface area contributed by atoms with Crippen LogP contribution in [0.3, 0.4) is 0 Å². The Labute approximate surface area is 248 Å². The minimum absolute atomic E-state index is 0.0300. The first-order valence-corrected chi connectivity index (χ1v) is 14.9. The van der Waals surface area contributed by atoms with Gasteiger partial charge in [-0.3, -0.25) is 4.79 Å². The Hall–Kier alpha value is -3.20. The topological polar surface area (TPSA) is 58.6 Å². The lowest BCUT2D eigenvalue weighted by Crippen LogP contribution is -2.65. The number of nitrogens with one attached hydrogen (secondary N) is 1. The summed E-state index contributed by atoms with van der Waals surface area (Å²) in [5.74, 6) is -5.67.